The highest BCUT2D eigenvalue weighted by Crippen LogP contribution is 2.22. The van der Waals surface area contributed by atoms with Gasteiger partial charge in [0.2, 0.25) is 17.0 Å². The second kappa shape index (κ2) is 12.8. The third-order valence-electron chi connectivity index (χ3n) is 5.60. The lowest BCUT2D eigenvalue weighted by atomic mass is 10.3. The number of guanidine groups is 1. The maximum atomic E-state index is 12.1. The predicted molar refractivity (Wildman–Crippen MR) is 152 cm³/mol. The van der Waals surface area contributed by atoms with Crippen LogP contribution in [0.4, 0.5) is 16.4 Å². The molecule has 0 bridgehead atoms. The fourth-order valence-corrected chi connectivity index (χ4v) is 4.06. The molecule has 0 aliphatic carbocycles. The molecule has 3 aromatic rings. The molecule has 2 heterocycles. The van der Waals surface area contributed by atoms with Crippen LogP contribution in [0.25, 0.3) is 0 Å². The van der Waals surface area contributed by atoms with Gasteiger partial charge in [-0.15, -0.1) is 0 Å². The fraction of sp³-hybridized carbons (Fsp3) is 0.296. The summed E-state index contributed by atoms with van der Waals surface area (Å²) in [7, 11) is 0. The van der Waals surface area contributed by atoms with Crippen LogP contribution in [0.1, 0.15) is 18.3 Å². The molecule has 0 radical (unpaired) electrons. The molecule has 1 aliphatic heterocycles. The fourth-order valence-electron chi connectivity index (χ4n) is 3.85. The molecule has 10 nitrogen and oxygen atoms in total. The first-order valence-corrected chi connectivity index (χ1v) is 12.8. The van der Waals surface area contributed by atoms with Crippen molar-refractivity contribution in [2.45, 2.75) is 20.8 Å². The van der Waals surface area contributed by atoms with Crippen molar-refractivity contribution < 1.29 is 14.3 Å². The van der Waals surface area contributed by atoms with Crippen LogP contribution in [0.5, 0.6) is 11.5 Å². The number of piperazine rings is 1. The quantitative estimate of drug-likeness (QED) is 0.271. The third kappa shape index (κ3) is 7.62. The smallest absolute Gasteiger partial charge is 0.409 e. The van der Waals surface area contributed by atoms with Gasteiger partial charge in [0, 0.05) is 43.3 Å². The highest BCUT2D eigenvalue weighted by atomic mass is 32.1. The lowest BCUT2D eigenvalue weighted by Gasteiger charge is -2.35. The number of nitrogens with zero attached hydrogens (tertiary/aromatic N) is 5. The number of amides is 1. The van der Waals surface area contributed by atoms with Gasteiger partial charge in [-0.2, -0.15) is 4.99 Å². The van der Waals surface area contributed by atoms with E-state index in [1.165, 1.54) is 0 Å². The van der Waals surface area contributed by atoms with Crippen molar-refractivity contribution in [1.82, 2.24) is 19.8 Å². The largest absolute Gasteiger partial charge is 0.457 e. The standard InChI is InChI=1S/C27H31N7O3S/c1-4-36-27(35)34-16-14-33(15-17-34)25(31-24-28-19(2)18-20(3)29-24)32-26(38)30-21-10-12-23(13-11-21)37-22-8-6-5-7-9-22/h5-13,18H,4,14-17H2,1-3H3,(H2,28,29,30,31,32,38). The van der Waals surface area contributed by atoms with E-state index in [1.807, 2.05) is 79.4 Å². The van der Waals surface area contributed by atoms with Gasteiger partial charge in [-0.05, 0) is 75.5 Å². The van der Waals surface area contributed by atoms with Crippen molar-refractivity contribution >= 4 is 41.0 Å². The predicted octanol–water partition coefficient (Wildman–Crippen LogP) is 4.82. The monoisotopic (exact) mass is 533 g/mol. The third-order valence-corrected chi connectivity index (χ3v) is 5.80. The summed E-state index contributed by atoms with van der Waals surface area (Å²) in [5, 5.41) is 6.64. The van der Waals surface area contributed by atoms with E-state index in [0.29, 0.717) is 50.4 Å². The molecular weight excluding hydrogens is 502 g/mol. The number of aromatic nitrogens is 2. The molecule has 0 atom stereocenters. The minimum absolute atomic E-state index is 0.265. The minimum atomic E-state index is -0.312. The summed E-state index contributed by atoms with van der Waals surface area (Å²) >= 11 is 5.56. The molecule has 4 rings (SSSR count). The van der Waals surface area contributed by atoms with Crippen molar-refractivity contribution in [2.24, 2.45) is 4.99 Å². The van der Waals surface area contributed by atoms with E-state index >= 15 is 0 Å². The molecule has 0 unspecified atom stereocenters. The lowest BCUT2D eigenvalue weighted by Crippen LogP contribution is -2.52. The molecule has 1 saturated heterocycles. The zero-order chi connectivity index (χ0) is 26.9. The Morgan fingerprint density at radius 2 is 1.53 bits per heavy atom. The molecule has 1 amide bonds. The first kappa shape index (κ1) is 26.8. The van der Waals surface area contributed by atoms with Crippen LogP contribution in [0.15, 0.2) is 65.7 Å². The van der Waals surface area contributed by atoms with E-state index in [4.69, 9.17) is 21.7 Å². The Morgan fingerprint density at radius 3 is 2.16 bits per heavy atom. The number of carbonyl (C=O) groups is 1. The van der Waals surface area contributed by atoms with Gasteiger partial charge in [-0.1, -0.05) is 18.2 Å². The molecule has 2 N–H and O–H groups in total. The van der Waals surface area contributed by atoms with Crippen LogP contribution in [-0.2, 0) is 4.74 Å². The second-order valence-electron chi connectivity index (χ2n) is 8.58. The van der Waals surface area contributed by atoms with Gasteiger partial charge in [0.15, 0.2) is 0 Å². The van der Waals surface area contributed by atoms with E-state index in [-0.39, 0.29) is 11.2 Å². The highest BCUT2D eigenvalue weighted by molar-refractivity contribution is 7.80. The number of hydrogen-bond acceptors (Lipinski definition) is 6. The molecule has 1 fully saturated rings. The molecule has 2 aromatic carbocycles. The first-order chi connectivity index (χ1) is 18.4. The van der Waals surface area contributed by atoms with Crippen molar-refractivity contribution in [2.75, 3.05) is 43.4 Å². The van der Waals surface area contributed by atoms with Crippen LogP contribution in [-0.4, -0.2) is 69.7 Å². The number of hydrogen-bond donors (Lipinski definition) is 2. The summed E-state index contributed by atoms with van der Waals surface area (Å²) in [6.07, 6.45) is -0.312. The summed E-state index contributed by atoms with van der Waals surface area (Å²) in [4.78, 5) is 29.4. The van der Waals surface area contributed by atoms with Crippen LogP contribution >= 0.6 is 12.2 Å². The topological polar surface area (TPSA) is 104 Å². The number of nitrogens with one attached hydrogen (secondary N) is 2. The van der Waals surface area contributed by atoms with E-state index in [9.17, 15) is 4.79 Å². The van der Waals surface area contributed by atoms with Gasteiger partial charge in [0.1, 0.15) is 11.5 Å². The van der Waals surface area contributed by atoms with Crippen LogP contribution in [0.2, 0.25) is 0 Å². The number of ether oxygens (including phenoxy) is 2. The van der Waals surface area contributed by atoms with Crippen molar-refractivity contribution in [1.29, 1.82) is 0 Å². The van der Waals surface area contributed by atoms with Crippen molar-refractivity contribution in [3.8, 4) is 11.5 Å². The Morgan fingerprint density at radius 1 is 0.921 bits per heavy atom. The number of para-hydroxylation sites is 1. The Labute approximate surface area is 227 Å². The molecule has 0 saturated carbocycles. The normalized spacial score (nSPS) is 13.6. The lowest BCUT2D eigenvalue weighted by molar-refractivity contribution is 0.0920. The Hall–Kier alpha value is -4.25. The van der Waals surface area contributed by atoms with Gasteiger partial charge in [-0.3, -0.25) is 5.32 Å². The van der Waals surface area contributed by atoms with E-state index < -0.39 is 0 Å². The number of thiocarbonyl (C=S) groups is 1. The summed E-state index contributed by atoms with van der Waals surface area (Å²) < 4.78 is 11.0. The Kier molecular flexibility index (Phi) is 9.04. The molecule has 0 spiro atoms. The van der Waals surface area contributed by atoms with Gasteiger partial charge in [-0.25, -0.2) is 14.8 Å². The number of aryl methyl sites for hydroxylation is 2. The SMILES string of the molecule is CCOC(=O)N1CCN(/C(=N\C(=S)Nc2ccc(Oc3ccccc3)cc2)Nc2nc(C)cc(C)n2)CC1. The summed E-state index contributed by atoms with van der Waals surface area (Å²) in [5.41, 5.74) is 2.45. The number of anilines is 2. The Bertz CT molecular complexity index is 1260. The second-order valence-corrected chi connectivity index (χ2v) is 8.96. The molecule has 1 aliphatic rings. The number of rotatable bonds is 5. The molecule has 11 heteroatoms. The maximum absolute atomic E-state index is 12.1. The summed E-state index contributed by atoms with van der Waals surface area (Å²) in [6.45, 7) is 8.04. The maximum Gasteiger partial charge on any atom is 0.409 e. The minimum Gasteiger partial charge on any atom is -0.457 e. The molecule has 38 heavy (non-hydrogen) atoms. The van der Waals surface area contributed by atoms with Gasteiger partial charge >= 0.3 is 6.09 Å². The highest BCUT2D eigenvalue weighted by Gasteiger charge is 2.25. The van der Waals surface area contributed by atoms with E-state index in [0.717, 1.165) is 22.8 Å². The average Bonchev–Trinajstić information content (AvgIpc) is 2.90. The van der Waals surface area contributed by atoms with E-state index in [1.54, 1.807) is 11.8 Å². The van der Waals surface area contributed by atoms with Crippen LogP contribution in [0, 0.1) is 13.8 Å². The summed E-state index contributed by atoms with van der Waals surface area (Å²) in [6, 6.07) is 19.0. The first-order valence-electron chi connectivity index (χ1n) is 12.4. The molecule has 1 aromatic heterocycles. The zero-order valence-electron chi connectivity index (χ0n) is 21.7. The van der Waals surface area contributed by atoms with E-state index in [2.05, 4.69) is 25.6 Å². The van der Waals surface area contributed by atoms with Crippen LogP contribution < -0.4 is 15.4 Å². The van der Waals surface area contributed by atoms with Gasteiger partial charge in [0.05, 0.1) is 6.61 Å². The van der Waals surface area contributed by atoms with Gasteiger partial charge < -0.3 is 24.6 Å². The Balaban J connectivity index is 1.46. The number of benzene rings is 2. The average molecular weight is 534 g/mol. The van der Waals surface area contributed by atoms with Gasteiger partial charge in [0.25, 0.3) is 0 Å². The number of aliphatic imine (C=N–C) groups is 1. The van der Waals surface area contributed by atoms with Crippen LogP contribution in [0.3, 0.4) is 0 Å². The molecule has 198 valence electrons. The van der Waals surface area contributed by atoms with Crippen molar-refractivity contribution in [3.05, 3.63) is 72.1 Å². The number of carbonyl (C=O) groups excluding carboxylic acids is 1. The molecular formula is C27H31N7O3S. The summed E-state index contributed by atoms with van der Waals surface area (Å²) in [5.74, 6) is 2.41. The van der Waals surface area contributed by atoms with Crippen molar-refractivity contribution in [3.63, 3.8) is 0 Å². The zero-order valence-corrected chi connectivity index (χ0v) is 22.5.